The van der Waals surface area contributed by atoms with E-state index in [2.05, 4.69) is 5.16 Å². The Morgan fingerprint density at radius 1 is 1.04 bits per heavy atom. The van der Waals surface area contributed by atoms with Crippen molar-refractivity contribution in [3.63, 3.8) is 0 Å². The second kappa shape index (κ2) is 7.82. The smallest absolute Gasteiger partial charge is 0.338 e. The standard InChI is InChI=1S/C20H18FNO4/c1-13-19(14(2)26-22-13)12-24-18-9-5-16(6-10-18)20(23)25-11-15-3-7-17(21)8-4-15/h3-10H,11-12H2,1-2H3. The second-order valence-electron chi connectivity index (χ2n) is 5.82. The van der Waals surface area contributed by atoms with Crippen molar-refractivity contribution in [3.8, 4) is 5.75 Å². The van der Waals surface area contributed by atoms with Crippen LogP contribution in [0.5, 0.6) is 5.75 Å². The molecule has 3 aromatic rings. The number of nitrogens with zero attached hydrogens (tertiary/aromatic N) is 1. The molecular weight excluding hydrogens is 337 g/mol. The molecule has 0 saturated carbocycles. The van der Waals surface area contributed by atoms with Crippen molar-refractivity contribution >= 4 is 5.97 Å². The fourth-order valence-corrected chi connectivity index (χ4v) is 2.36. The van der Waals surface area contributed by atoms with Gasteiger partial charge in [-0.05, 0) is 55.8 Å². The van der Waals surface area contributed by atoms with Crippen LogP contribution in [0.15, 0.2) is 53.1 Å². The summed E-state index contributed by atoms with van der Waals surface area (Å²) in [5.74, 6) is 0.572. The predicted octanol–water partition coefficient (Wildman–Crippen LogP) is 4.37. The molecule has 0 atom stereocenters. The molecule has 0 saturated heterocycles. The number of hydrogen-bond acceptors (Lipinski definition) is 5. The maximum atomic E-state index is 12.9. The summed E-state index contributed by atoms with van der Waals surface area (Å²) in [6.45, 7) is 4.12. The molecule has 0 spiro atoms. The van der Waals surface area contributed by atoms with Gasteiger partial charge in [0.2, 0.25) is 0 Å². The van der Waals surface area contributed by atoms with Crippen LogP contribution in [0.4, 0.5) is 4.39 Å². The highest BCUT2D eigenvalue weighted by molar-refractivity contribution is 5.89. The van der Waals surface area contributed by atoms with Gasteiger partial charge in [0.15, 0.2) is 0 Å². The molecule has 0 fully saturated rings. The maximum Gasteiger partial charge on any atom is 0.338 e. The third-order valence-corrected chi connectivity index (χ3v) is 3.94. The zero-order valence-electron chi connectivity index (χ0n) is 14.5. The quantitative estimate of drug-likeness (QED) is 0.615. The van der Waals surface area contributed by atoms with E-state index < -0.39 is 5.97 Å². The molecule has 6 heteroatoms. The number of carbonyl (C=O) groups is 1. The molecule has 0 amide bonds. The van der Waals surface area contributed by atoms with Gasteiger partial charge in [-0.1, -0.05) is 17.3 Å². The molecule has 3 rings (SSSR count). The van der Waals surface area contributed by atoms with E-state index in [1.807, 2.05) is 13.8 Å². The second-order valence-corrected chi connectivity index (χ2v) is 5.82. The van der Waals surface area contributed by atoms with E-state index in [4.69, 9.17) is 14.0 Å². The number of benzene rings is 2. The van der Waals surface area contributed by atoms with Crippen LogP contribution < -0.4 is 4.74 Å². The first-order chi connectivity index (χ1) is 12.5. The van der Waals surface area contributed by atoms with E-state index in [-0.39, 0.29) is 12.4 Å². The van der Waals surface area contributed by atoms with Crippen LogP contribution in [-0.4, -0.2) is 11.1 Å². The first kappa shape index (κ1) is 17.7. The van der Waals surface area contributed by atoms with Gasteiger partial charge in [-0.25, -0.2) is 9.18 Å². The normalized spacial score (nSPS) is 10.6. The lowest BCUT2D eigenvalue weighted by Gasteiger charge is -2.08. The molecular formula is C20H18FNO4. The number of esters is 1. The first-order valence-corrected chi connectivity index (χ1v) is 8.09. The van der Waals surface area contributed by atoms with Crippen LogP contribution in [0.2, 0.25) is 0 Å². The van der Waals surface area contributed by atoms with E-state index in [9.17, 15) is 9.18 Å². The lowest BCUT2D eigenvalue weighted by atomic mass is 10.2. The molecule has 2 aromatic carbocycles. The highest BCUT2D eigenvalue weighted by Crippen LogP contribution is 2.18. The first-order valence-electron chi connectivity index (χ1n) is 8.09. The molecule has 134 valence electrons. The van der Waals surface area contributed by atoms with Gasteiger partial charge in [0, 0.05) is 0 Å². The van der Waals surface area contributed by atoms with E-state index in [0.29, 0.717) is 17.9 Å². The van der Waals surface area contributed by atoms with E-state index in [0.717, 1.165) is 22.6 Å². The maximum absolute atomic E-state index is 12.9. The summed E-state index contributed by atoms with van der Waals surface area (Å²) in [6.07, 6.45) is 0. The van der Waals surface area contributed by atoms with Crippen LogP contribution in [0.25, 0.3) is 0 Å². The van der Waals surface area contributed by atoms with Gasteiger partial charge >= 0.3 is 5.97 Å². The van der Waals surface area contributed by atoms with Crippen LogP contribution in [0.3, 0.4) is 0 Å². The average molecular weight is 355 g/mol. The number of hydrogen-bond donors (Lipinski definition) is 0. The van der Waals surface area contributed by atoms with Gasteiger partial charge < -0.3 is 14.0 Å². The summed E-state index contributed by atoms with van der Waals surface area (Å²) in [6, 6.07) is 12.5. The third kappa shape index (κ3) is 4.27. The van der Waals surface area contributed by atoms with Crippen LogP contribution in [0.1, 0.15) is 32.9 Å². The van der Waals surface area contributed by atoms with Crippen molar-refractivity contribution < 1.29 is 23.2 Å². The molecule has 0 unspecified atom stereocenters. The van der Waals surface area contributed by atoms with E-state index in [1.165, 1.54) is 12.1 Å². The van der Waals surface area contributed by atoms with Gasteiger partial charge in [0.05, 0.1) is 16.8 Å². The van der Waals surface area contributed by atoms with Crippen molar-refractivity contribution in [2.45, 2.75) is 27.1 Å². The van der Waals surface area contributed by atoms with Crippen LogP contribution in [-0.2, 0) is 18.0 Å². The van der Waals surface area contributed by atoms with E-state index in [1.54, 1.807) is 36.4 Å². The molecule has 1 aromatic heterocycles. The van der Waals surface area contributed by atoms with E-state index >= 15 is 0 Å². The fourth-order valence-electron chi connectivity index (χ4n) is 2.36. The van der Waals surface area contributed by atoms with Gasteiger partial charge in [0.1, 0.15) is 30.5 Å². The molecule has 0 aliphatic carbocycles. The number of aryl methyl sites for hydroxylation is 2. The molecule has 0 bridgehead atoms. The minimum Gasteiger partial charge on any atom is -0.489 e. The molecule has 0 N–H and O–H groups in total. The Labute approximate surface area is 150 Å². The Kier molecular flexibility index (Phi) is 5.31. The molecule has 26 heavy (non-hydrogen) atoms. The van der Waals surface area contributed by atoms with Crippen LogP contribution in [0, 0.1) is 19.7 Å². The topological polar surface area (TPSA) is 61.6 Å². The summed E-state index contributed by atoms with van der Waals surface area (Å²) in [5, 5.41) is 3.88. The lowest BCUT2D eigenvalue weighted by molar-refractivity contribution is 0.0472. The molecule has 5 nitrogen and oxygen atoms in total. The fraction of sp³-hybridized carbons (Fsp3) is 0.200. The summed E-state index contributed by atoms with van der Waals surface area (Å²) < 4.78 is 28.9. The lowest BCUT2D eigenvalue weighted by Crippen LogP contribution is -2.05. The zero-order valence-corrected chi connectivity index (χ0v) is 14.5. The van der Waals surface area contributed by atoms with Crippen molar-refractivity contribution in [1.82, 2.24) is 5.16 Å². The Morgan fingerprint density at radius 3 is 2.35 bits per heavy atom. The molecule has 1 heterocycles. The monoisotopic (exact) mass is 355 g/mol. The summed E-state index contributed by atoms with van der Waals surface area (Å²) in [5.41, 5.74) is 2.84. The Morgan fingerprint density at radius 2 is 1.73 bits per heavy atom. The highest BCUT2D eigenvalue weighted by Gasteiger charge is 2.11. The molecule has 0 aliphatic rings. The zero-order chi connectivity index (χ0) is 18.5. The number of aromatic nitrogens is 1. The summed E-state index contributed by atoms with van der Waals surface area (Å²) in [7, 11) is 0. The third-order valence-electron chi connectivity index (χ3n) is 3.94. The minimum absolute atomic E-state index is 0.0867. The van der Waals surface area contributed by atoms with Gasteiger partial charge in [0.25, 0.3) is 0 Å². The van der Waals surface area contributed by atoms with Crippen molar-refractivity contribution in [3.05, 3.63) is 82.5 Å². The Hall–Kier alpha value is -3.15. The SMILES string of the molecule is Cc1noc(C)c1COc1ccc(C(=O)OCc2ccc(F)cc2)cc1. The van der Waals surface area contributed by atoms with Gasteiger partial charge in [-0.15, -0.1) is 0 Å². The summed E-state index contributed by atoms with van der Waals surface area (Å²) >= 11 is 0. The molecule has 0 radical (unpaired) electrons. The van der Waals surface area contributed by atoms with Crippen molar-refractivity contribution in [1.29, 1.82) is 0 Å². The average Bonchev–Trinajstić information content (AvgIpc) is 2.97. The van der Waals surface area contributed by atoms with Gasteiger partial charge in [-0.2, -0.15) is 0 Å². The molecule has 0 aliphatic heterocycles. The number of rotatable bonds is 6. The predicted molar refractivity (Wildman–Crippen MR) is 92.3 cm³/mol. The highest BCUT2D eigenvalue weighted by atomic mass is 19.1. The Bertz CT molecular complexity index is 866. The van der Waals surface area contributed by atoms with Crippen molar-refractivity contribution in [2.24, 2.45) is 0 Å². The largest absolute Gasteiger partial charge is 0.489 e. The number of halogens is 1. The number of carbonyl (C=O) groups excluding carboxylic acids is 1. The number of ether oxygens (including phenoxy) is 2. The van der Waals surface area contributed by atoms with Crippen molar-refractivity contribution in [2.75, 3.05) is 0 Å². The summed E-state index contributed by atoms with van der Waals surface area (Å²) in [4.78, 5) is 12.1. The Balaban J connectivity index is 1.55. The van der Waals surface area contributed by atoms with Crippen LogP contribution >= 0.6 is 0 Å². The minimum atomic E-state index is -0.452. The van der Waals surface area contributed by atoms with Gasteiger partial charge in [-0.3, -0.25) is 0 Å².